The first-order valence-electron chi connectivity index (χ1n) is 8.45. The SMILES string of the molecule is CCOc1ccc(NC(=O)C2CC2C(=O)Nc2ccc(C#N)cc2)cc1. The maximum atomic E-state index is 12.3. The number of amides is 2. The van der Waals surface area contributed by atoms with Gasteiger partial charge in [-0.2, -0.15) is 5.26 Å². The first-order valence-corrected chi connectivity index (χ1v) is 8.45. The van der Waals surface area contributed by atoms with Crippen LogP contribution in [0.2, 0.25) is 0 Å². The molecule has 2 atom stereocenters. The summed E-state index contributed by atoms with van der Waals surface area (Å²) in [6.45, 7) is 2.50. The molecule has 0 heterocycles. The predicted molar refractivity (Wildman–Crippen MR) is 97.6 cm³/mol. The highest BCUT2D eigenvalue weighted by Gasteiger charge is 2.48. The number of carbonyl (C=O) groups excluding carboxylic acids is 2. The van der Waals surface area contributed by atoms with E-state index in [0.717, 1.165) is 5.75 Å². The summed E-state index contributed by atoms with van der Waals surface area (Å²) < 4.78 is 5.36. The second-order valence-electron chi connectivity index (χ2n) is 6.07. The number of rotatable bonds is 6. The Balaban J connectivity index is 1.51. The van der Waals surface area contributed by atoms with Crippen LogP contribution in [0, 0.1) is 23.2 Å². The monoisotopic (exact) mass is 349 g/mol. The van der Waals surface area contributed by atoms with Crippen LogP contribution in [0.15, 0.2) is 48.5 Å². The summed E-state index contributed by atoms with van der Waals surface area (Å²) >= 11 is 0. The highest BCUT2D eigenvalue weighted by molar-refractivity contribution is 6.03. The number of anilines is 2. The molecule has 6 heteroatoms. The van der Waals surface area contributed by atoms with Gasteiger partial charge in [0.25, 0.3) is 0 Å². The largest absolute Gasteiger partial charge is 0.494 e. The van der Waals surface area contributed by atoms with Gasteiger partial charge in [-0.05, 0) is 61.9 Å². The van der Waals surface area contributed by atoms with Crippen molar-refractivity contribution in [3.05, 3.63) is 54.1 Å². The fourth-order valence-corrected chi connectivity index (χ4v) is 2.67. The van der Waals surface area contributed by atoms with E-state index in [0.29, 0.717) is 30.0 Å². The van der Waals surface area contributed by atoms with Gasteiger partial charge in [-0.25, -0.2) is 0 Å². The summed E-state index contributed by atoms with van der Waals surface area (Å²) in [5, 5.41) is 14.4. The molecule has 2 amide bonds. The van der Waals surface area contributed by atoms with E-state index in [1.807, 2.05) is 13.0 Å². The summed E-state index contributed by atoms with van der Waals surface area (Å²) in [6, 6.07) is 15.8. The first-order chi connectivity index (χ1) is 12.6. The zero-order chi connectivity index (χ0) is 18.5. The molecule has 0 saturated heterocycles. The molecule has 2 aromatic carbocycles. The normalized spacial score (nSPS) is 17.7. The van der Waals surface area contributed by atoms with Gasteiger partial charge in [0, 0.05) is 11.4 Å². The summed E-state index contributed by atoms with van der Waals surface area (Å²) in [7, 11) is 0. The number of hydrogen-bond donors (Lipinski definition) is 2. The Morgan fingerprint density at radius 1 is 1.00 bits per heavy atom. The van der Waals surface area contributed by atoms with Gasteiger partial charge in [0.05, 0.1) is 30.1 Å². The lowest BCUT2D eigenvalue weighted by Crippen LogP contribution is -2.20. The summed E-state index contributed by atoms with van der Waals surface area (Å²) in [5.41, 5.74) is 1.82. The summed E-state index contributed by atoms with van der Waals surface area (Å²) in [4.78, 5) is 24.5. The van der Waals surface area contributed by atoms with Gasteiger partial charge in [-0.3, -0.25) is 9.59 Å². The van der Waals surface area contributed by atoms with E-state index in [2.05, 4.69) is 10.6 Å². The Morgan fingerprint density at radius 3 is 1.96 bits per heavy atom. The average Bonchev–Trinajstić information content (AvgIpc) is 3.45. The number of nitrogens with zero attached hydrogens (tertiary/aromatic N) is 1. The van der Waals surface area contributed by atoms with Gasteiger partial charge in [0.15, 0.2) is 0 Å². The van der Waals surface area contributed by atoms with Crippen molar-refractivity contribution in [3.8, 4) is 11.8 Å². The molecule has 0 spiro atoms. The highest BCUT2D eigenvalue weighted by Crippen LogP contribution is 2.40. The van der Waals surface area contributed by atoms with Crippen LogP contribution < -0.4 is 15.4 Å². The minimum atomic E-state index is -0.326. The molecule has 26 heavy (non-hydrogen) atoms. The third kappa shape index (κ3) is 4.19. The zero-order valence-electron chi connectivity index (χ0n) is 14.4. The van der Waals surface area contributed by atoms with E-state index in [9.17, 15) is 9.59 Å². The molecule has 2 N–H and O–H groups in total. The zero-order valence-corrected chi connectivity index (χ0v) is 14.4. The second-order valence-corrected chi connectivity index (χ2v) is 6.07. The molecule has 3 rings (SSSR count). The van der Waals surface area contributed by atoms with Crippen molar-refractivity contribution in [1.29, 1.82) is 5.26 Å². The van der Waals surface area contributed by atoms with Crippen molar-refractivity contribution in [1.82, 2.24) is 0 Å². The molecule has 1 fully saturated rings. The molecule has 2 aromatic rings. The van der Waals surface area contributed by atoms with Crippen LogP contribution in [0.4, 0.5) is 11.4 Å². The van der Waals surface area contributed by atoms with Crippen LogP contribution in [-0.4, -0.2) is 18.4 Å². The maximum Gasteiger partial charge on any atom is 0.228 e. The maximum absolute atomic E-state index is 12.3. The van der Waals surface area contributed by atoms with Crippen molar-refractivity contribution < 1.29 is 14.3 Å². The molecular formula is C20H19N3O3. The van der Waals surface area contributed by atoms with Gasteiger partial charge in [0.1, 0.15) is 5.75 Å². The van der Waals surface area contributed by atoms with Crippen molar-refractivity contribution in [3.63, 3.8) is 0 Å². The molecule has 0 bridgehead atoms. The van der Waals surface area contributed by atoms with Crippen LogP contribution >= 0.6 is 0 Å². The third-order valence-corrected chi connectivity index (χ3v) is 4.18. The lowest BCUT2D eigenvalue weighted by Gasteiger charge is -2.07. The number of hydrogen-bond acceptors (Lipinski definition) is 4. The van der Waals surface area contributed by atoms with E-state index in [4.69, 9.17) is 10.00 Å². The molecule has 1 saturated carbocycles. The molecule has 2 unspecified atom stereocenters. The highest BCUT2D eigenvalue weighted by atomic mass is 16.5. The molecule has 0 aliphatic heterocycles. The number of nitrogens with one attached hydrogen (secondary N) is 2. The topological polar surface area (TPSA) is 91.2 Å². The minimum absolute atomic E-state index is 0.158. The molecule has 0 aromatic heterocycles. The average molecular weight is 349 g/mol. The predicted octanol–water partition coefficient (Wildman–Crippen LogP) is 3.17. The van der Waals surface area contributed by atoms with E-state index >= 15 is 0 Å². The number of benzene rings is 2. The molecular weight excluding hydrogens is 330 g/mol. The molecule has 1 aliphatic carbocycles. The minimum Gasteiger partial charge on any atom is -0.494 e. The van der Waals surface area contributed by atoms with E-state index in [1.54, 1.807) is 48.5 Å². The third-order valence-electron chi connectivity index (χ3n) is 4.18. The Kier molecular flexibility index (Phi) is 5.18. The van der Waals surface area contributed by atoms with Crippen LogP contribution in [0.25, 0.3) is 0 Å². The van der Waals surface area contributed by atoms with Crippen LogP contribution in [0.3, 0.4) is 0 Å². The fourth-order valence-electron chi connectivity index (χ4n) is 2.67. The summed E-state index contributed by atoms with van der Waals surface area (Å²) in [5.74, 6) is -0.236. The van der Waals surface area contributed by atoms with Gasteiger partial charge < -0.3 is 15.4 Å². The van der Waals surface area contributed by atoms with Gasteiger partial charge in [-0.1, -0.05) is 0 Å². The Labute approximate surface area is 151 Å². The van der Waals surface area contributed by atoms with Crippen molar-refractivity contribution in [2.24, 2.45) is 11.8 Å². The Morgan fingerprint density at radius 2 is 1.50 bits per heavy atom. The van der Waals surface area contributed by atoms with Crippen molar-refractivity contribution >= 4 is 23.2 Å². The van der Waals surface area contributed by atoms with Gasteiger partial charge in [-0.15, -0.1) is 0 Å². The Hall–Kier alpha value is -3.33. The van der Waals surface area contributed by atoms with Crippen LogP contribution in [0.1, 0.15) is 18.9 Å². The van der Waals surface area contributed by atoms with Crippen LogP contribution in [0.5, 0.6) is 5.75 Å². The molecule has 1 aliphatic rings. The standard InChI is InChI=1S/C20H19N3O3/c1-2-26-16-9-7-15(8-10-16)23-20(25)18-11-17(18)19(24)22-14-5-3-13(12-21)4-6-14/h3-10,17-18H,2,11H2,1H3,(H,22,24)(H,23,25). The smallest absolute Gasteiger partial charge is 0.228 e. The number of ether oxygens (including phenoxy) is 1. The molecule has 0 radical (unpaired) electrons. The van der Waals surface area contributed by atoms with E-state index in [-0.39, 0.29) is 23.7 Å². The van der Waals surface area contributed by atoms with Gasteiger partial charge >= 0.3 is 0 Å². The Bertz CT molecular complexity index is 838. The first kappa shape index (κ1) is 17.5. The lowest BCUT2D eigenvalue weighted by molar-refractivity contribution is -0.122. The molecule has 6 nitrogen and oxygen atoms in total. The number of carbonyl (C=O) groups is 2. The van der Waals surface area contributed by atoms with Crippen LogP contribution in [-0.2, 0) is 9.59 Å². The lowest BCUT2D eigenvalue weighted by atomic mass is 10.2. The van der Waals surface area contributed by atoms with Crippen molar-refractivity contribution in [2.45, 2.75) is 13.3 Å². The fraction of sp³-hybridized carbons (Fsp3) is 0.250. The molecule has 132 valence electrons. The van der Waals surface area contributed by atoms with Crippen molar-refractivity contribution in [2.75, 3.05) is 17.2 Å². The van der Waals surface area contributed by atoms with Gasteiger partial charge in [0.2, 0.25) is 11.8 Å². The summed E-state index contributed by atoms with van der Waals surface area (Å²) in [6.07, 6.45) is 0.533. The van der Waals surface area contributed by atoms with E-state index in [1.165, 1.54) is 0 Å². The quantitative estimate of drug-likeness (QED) is 0.838. The number of nitriles is 1. The second kappa shape index (κ2) is 7.70. The van der Waals surface area contributed by atoms with E-state index < -0.39 is 0 Å².